The quantitative estimate of drug-likeness (QED) is 0.669. The number of hydrogen-bond donors (Lipinski definition) is 2. The Bertz CT molecular complexity index is 844. The van der Waals surface area contributed by atoms with Gasteiger partial charge in [0.15, 0.2) is 5.13 Å². The van der Waals surface area contributed by atoms with Gasteiger partial charge in [0.2, 0.25) is 5.91 Å². The minimum Gasteiger partial charge on any atom is -0.497 e. The number of likely N-dealkylation sites (tertiary alicyclic amines) is 1. The number of carbonyl (C=O) groups is 2. The number of hydrogen-bond acceptors (Lipinski definition) is 6. The minimum absolute atomic E-state index is 0.0695. The molecule has 1 aromatic heterocycles. The van der Waals surface area contributed by atoms with Crippen molar-refractivity contribution in [1.29, 1.82) is 0 Å². The minimum atomic E-state index is -0.658. The Morgan fingerprint density at radius 3 is 2.50 bits per heavy atom. The maximum atomic E-state index is 12.8. The average Bonchev–Trinajstić information content (AvgIpc) is 3.18. The van der Waals surface area contributed by atoms with Crippen LogP contribution in [0.1, 0.15) is 49.2 Å². The molecule has 0 radical (unpaired) electrons. The highest BCUT2D eigenvalue weighted by molar-refractivity contribution is 7.13. The first kappa shape index (κ1) is 22.2. The van der Waals surface area contributed by atoms with Crippen LogP contribution in [0.15, 0.2) is 29.6 Å². The summed E-state index contributed by atoms with van der Waals surface area (Å²) in [5, 5.41) is 8.27. The first-order chi connectivity index (χ1) is 14.5. The summed E-state index contributed by atoms with van der Waals surface area (Å²) in [6, 6.07) is 6.14. The zero-order chi connectivity index (χ0) is 21.5. The smallest absolute Gasteiger partial charge is 0.251 e. The van der Waals surface area contributed by atoms with Gasteiger partial charge in [-0.1, -0.05) is 20.3 Å². The number of piperidine rings is 1. The van der Waals surface area contributed by atoms with E-state index in [0.717, 1.165) is 25.3 Å². The second-order valence-corrected chi connectivity index (χ2v) is 8.75. The van der Waals surface area contributed by atoms with Crippen LogP contribution in [0, 0.1) is 5.92 Å². The van der Waals surface area contributed by atoms with Crippen LogP contribution >= 0.6 is 11.3 Å². The third-order valence-corrected chi connectivity index (χ3v) is 6.01. The molecule has 0 saturated carbocycles. The third kappa shape index (κ3) is 6.03. The van der Waals surface area contributed by atoms with Gasteiger partial charge in [-0.05, 0) is 56.1 Å². The van der Waals surface area contributed by atoms with Crippen molar-refractivity contribution in [2.45, 2.75) is 45.7 Å². The summed E-state index contributed by atoms with van der Waals surface area (Å²) in [5.74, 6) is 0.0518. The number of nitrogens with zero attached hydrogens (tertiary/aromatic N) is 2. The van der Waals surface area contributed by atoms with Gasteiger partial charge in [0.25, 0.3) is 5.91 Å². The van der Waals surface area contributed by atoms with Crippen molar-refractivity contribution in [2.24, 2.45) is 5.92 Å². The molecule has 7 nitrogen and oxygen atoms in total. The number of anilines is 1. The van der Waals surface area contributed by atoms with Crippen LogP contribution in [0.4, 0.5) is 5.13 Å². The molecule has 2 amide bonds. The van der Waals surface area contributed by atoms with E-state index in [4.69, 9.17) is 4.74 Å². The van der Waals surface area contributed by atoms with Crippen LogP contribution in [0.25, 0.3) is 0 Å². The Morgan fingerprint density at radius 1 is 1.17 bits per heavy atom. The molecule has 1 aliphatic rings. The number of methoxy groups -OCH3 is 1. The van der Waals surface area contributed by atoms with Gasteiger partial charge in [0, 0.05) is 17.5 Å². The van der Waals surface area contributed by atoms with Crippen molar-refractivity contribution in [1.82, 2.24) is 15.2 Å². The maximum Gasteiger partial charge on any atom is 0.251 e. The molecule has 2 heterocycles. The lowest BCUT2D eigenvalue weighted by atomic mass is 10.0. The van der Waals surface area contributed by atoms with Crippen molar-refractivity contribution < 1.29 is 14.3 Å². The Kier molecular flexibility index (Phi) is 7.81. The number of nitrogens with one attached hydrogen (secondary N) is 2. The van der Waals surface area contributed by atoms with Crippen LogP contribution in [-0.4, -0.2) is 47.9 Å². The highest BCUT2D eigenvalue weighted by atomic mass is 32.1. The van der Waals surface area contributed by atoms with Crippen molar-refractivity contribution in [3.05, 3.63) is 40.9 Å². The van der Waals surface area contributed by atoms with Crippen molar-refractivity contribution >= 4 is 28.3 Å². The van der Waals surface area contributed by atoms with E-state index >= 15 is 0 Å². The monoisotopic (exact) mass is 430 g/mol. The van der Waals surface area contributed by atoms with Gasteiger partial charge >= 0.3 is 0 Å². The molecular weight excluding hydrogens is 400 g/mol. The summed E-state index contributed by atoms with van der Waals surface area (Å²) in [6.45, 7) is 6.83. The molecule has 30 heavy (non-hydrogen) atoms. The van der Waals surface area contributed by atoms with Gasteiger partial charge in [-0.3, -0.25) is 14.5 Å². The van der Waals surface area contributed by atoms with Gasteiger partial charge in [0.05, 0.1) is 12.8 Å². The first-order valence-corrected chi connectivity index (χ1v) is 11.3. The summed E-state index contributed by atoms with van der Waals surface area (Å²) in [6.07, 6.45) is 3.77. The fourth-order valence-electron chi connectivity index (χ4n) is 3.47. The van der Waals surface area contributed by atoms with Crippen molar-refractivity contribution in [2.75, 3.05) is 25.5 Å². The Balaban J connectivity index is 1.59. The molecular formula is C22H30N4O3S. The van der Waals surface area contributed by atoms with E-state index in [9.17, 15) is 9.59 Å². The van der Waals surface area contributed by atoms with Crippen LogP contribution in [-0.2, 0) is 11.3 Å². The molecule has 2 aromatic rings. The molecule has 0 aliphatic carbocycles. The molecule has 1 aliphatic heterocycles. The van der Waals surface area contributed by atoms with Crippen LogP contribution in [0.2, 0.25) is 0 Å². The van der Waals surface area contributed by atoms with E-state index in [1.165, 1.54) is 30.6 Å². The summed E-state index contributed by atoms with van der Waals surface area (Å²) in [7, 11) is 1.57. The fraction of sp³-hybridized carbons (Fsp3) is 0.500. The molecule has 1 aromatic carbocycles. The van der Waals surface area contributed by atoms with E-state index < -0.39 is 6.04 Å². The zero-order valence-electron chi connectivity index (χ0n) is 17.8. The predicted octanol–water partition coefficient (Wildman–Crippen LogP) is 3.53. The van der Waals surface area contributed by atoms with E-state index in [-0.39, 0.29) is 17.7 Å². The first-order valence-electron chi connectivity index (χ1n) is 10.4. The second-order valence-electron chi connectivity index (χ2n) is 7.89. The van der Waals surface area contributed by atoms with E-state index in [2.05, 4.69) is 20.5 Å². The molecule has 162 valence electrons. The number of ether oxygens (including phenoxy) is 1. The predicted molar refractivity (Wildman–Crippen MR) is 119 cm³/mol. The molecule has 2 N–H and O–H groups in total. The average molecular weight is 431 g/mol. The van der Waals surface area contributed by atoms with Crippen LogP contribution in [0.3, 0.4) is 0 Å². The fourth-order valence-corrected chi connectivity index (χ4v) is 4.17. The van der Waals surface area contributed by atoms with Gasteiger partial charge in [-0.15, -0.1) is 11.3 Å². The molecule has 1 saturated heterocycles. The highest BCUT2D eigenvalue weighted by Crippen LogP contribution is 2.20. The maximum absolute atomic E-state index is 12.8. The molecule has 3 rings (SSSR count). The third-order valence-electron chi connectivity index (χ3n) is 5.20. The topological polar surface area (TPSA) is 83.6 Å². The SMILES string of the molecule is COc1ccc(C(=O)NC(C(=O)Nc2nc(CN3CCCCC3)cs2)C(C)C)cc1. The standard InChI is InChI=1S/C22H30N4O3S/c1-15(2)19(24-20(27)16-7-9-18(29-3)10-8-16)21(28)25-22-23-17(14-30-22)13-26-11-5-4-6-12-26/h7-10,14-15,19H,4-6,11-13H2,1-3H3,(H,24,27)(H,23,25,28). The van der Waals surface area contributed by atoms with Crippen molar-refractivity contribution in [3.8, 4) is 5.75 Å². The number of carbonyl (C=O) groups excluding carboxylic acids is 2. The Labute approximate surface area is 181 Å². The van der Waals surface area contributed by atoms with Gasteiger partial charge < -0.3 is 15.4 Å². The van der Waals surface area contributed by atoms with Crippen molar-refractivity contribution in [3.63, 3.8) is 0 Å². The lowest BCUT2D eigenvalue weighted by molar-refractivity contribution is -0.118. The number of rotatable bonds is 8. The molecule has 8 heteroatoms. The normalized spacial score (nSPS) is 15.6. The number of aromatic nitrogens is 1. The van der Waals surface area contributed by atoms with E-state index in [1.807, 2.05) is 19.2 Å². The summed E-state index contributed by atoms with van der Waals surface area (Å²) < 4.78 is 5.12. The summed E-state index contributed by atoms with van der Waals surface area (Å²) in [5.41, 5.74) is 1.45. The van der Waals surface area contributed by atoms with Crippen LogP contribution < -0.4 is 15.4 Å². The number of benzene rings is 1. The molecule has 1 fully saturated rings. The summed E-state index contributed by atoms with van der Waals surface area (Å²) in [4.78, 5) is 32.4. The molecule has 1 atom stereocenters. The Morgan fingerprint density at radius 2 is 1.87 bits per heavy atom. The number of amides is 2. The van der Waals surface area contributed by atoms with Gasteiger partial charge in [-0.2, -0.15) is 0 Å². The zero-order valence-corrected chi connectivity index (χ0v) is 18.6. The highest BCUT2D eigenvalue weighted by Gasteiger charge is 2.25. The summed E-state index contributed by atoms with van der Waals surface area (Å²) >= 11 is 1.42. The Hall–Kier alpha value is -2.45. The van der Waals surface area contributed by atoms with E-state index in [1.54, 1.807) is 31.4 Å². The number of thiazole rings is 1. The van der Waals surface area contributed by atoms with Gasteiger partial charge in [-0.25, -0.2) is 4.98 Å². The lowest BCUT2D eigenvalue weighted by Crippen LogP contribution is -2.47. The molecule has 0 bridgehead atoms. The molecule has 1 unspecified atom stereocenters. The van der Waals surface area contributed by atoms with Crippen LogP contribution in [0.5, 0.6) is 5.75 Å². The largest absolute Gasteiger partial charge is 0.497 e. The van der Waals surface area contributed by atoms with E-state index in [0.29, 0.717) is 16.4 Å². The second kappa shape index (κ2) is 10.5. The van der Waals surface area contributed by atoms with Gasteiger partial charge in [0.1, 0.15) is 11.8 Å². The molecule has 0 spiro atoms. The lowest BCUT2D eigenvalue weighted by Gasteiger charge is -2.25.